The standard InChI is InChI=1S/C19H22N2O2/c20-19(23)21-18(22)17(13-11-15-7-3-1-4-8-15)14-12-16-9-5-2-6-10-16/h1-10,17H,11-14H2,(H3,20,21,22,23). The number of aryl methyl sites for hydroxylation is 2. The summed E-state index contributed by atoms with van der Waals surface area (Å²) in [4.78, 5) is 23.1. The highest BCUT2D eigenvalue weighted by Crippen LogP contribution is 2.17. The lowest BCUT2D eigenvalue weighted by Crippen LogP contribution is -2.39. The van der Waals surface area contributed by atoms with Crippen LogP contribution < -0.4 is 11.1 Å². The lowest BCUT2D eigenvalue weighted by atomic mass is 9.92. The third-order valence-electron chi connectivity index (χ3n) is 3.87. The Hall–Kier alpha value is -2.62. The Morgan fingerprint density at radius 2 is 1.26 bits per heavy atom. The first-order chi connectivity index (χ1) is 11.1. The molecule has 0 fully saturated rings. The normalized spacial score (nSPS) is 10.5. The zero-order valence-corrected chi connectivity index (χ0v) is 13.1. The molecule has 0 atom stereocenters. The van der Waals surface area contributed by atoms with E-state index in [-0.39, 0.29) is 11.8 Å². The Bertz CT molecular complexity index is 583. The molecule has 4 nitrogen and oxygen atoms in total. The summed E-state index contributed by atoms with van der Waals surface area (Å²) in [7, 11) is 0. The van der Waals surface area contributed by atoms with Crippen molar-refractivity contribution in [2.24, 2.45) is 11.7 Å². The van der Waals surface area contributed by atoms with E-state index < -0.39 is 6.03 Å². The van der Waals surface area contributed by atoms with Crippen LogP contribution in [0.5, 0.6) is 0 Å². The zero-order chi connectivity index (χ0) is 16.5. The van der Waals surface area contributed by atoms with Crippen LogP contribution in [0.4, 0.5) is 4.79 Å². The van der Waals surface area contributed by atoms with Crippen LogP contribution in [0.15, 0.2) is 60.7 Å². The molecule has 0 radical (unpaired) electrons. The maximum absolute atomic E-state index is 12.2. The van der Waals surface area contributed by atoms with Gasteiger partial charge in [0.15, 0.2) is 0 Å². The number of urea groups is 1. The Morgan fingerprint density at radius 3 is 1.65 bits per heavy atom. The number of amides is 3. The molecule has 2 aromatic carbocycles. The van der Waals surface area contributed by atoms with Gasteiger partial charge in [0.1, 0.15) is 0 Å². The average molecular weight is 310 g/mol. The molecular formula is C19H22N2O2. The van der Waals surface area contributed by atoms with Crippen molar-refractivity contribution in [1.29, 1.82) is 0 Å². The molecule has 0 aliphatic heterocycles. The number of nitrogens with one attached hydrogen (secondary N) is 1. The number of carbonyl (C=O) groups excluding carboxylic acids is 2. The van der Waals surface area contributed by atoms with Crippen molar-refractivity contribution in [2.45, 2.75) is 25.7 Å². The molecule has 3 N–H and O–H groups in total. The SMILES string of the molecule is NC(=O)NC(=O)C(CCc1ccccc1)CCc1ccccc1. The summed E-state index contributed by atoms with van der Waals surface area (Å²) in [5, 5.41) is 2.22. The molecule has 0 bridgehead atoms. The maximum Gasteiger partial charge on any atom is 0.318 e. The summed E-state index contributed by atoms with van der Waals surface area (Å²) in [6.07, 6.45) is 2.98. The van der Waals surface area contributed by atoms with Crippen molar-refractivity contribution in [1.82, 2.24) is 5.32 Å². The Balaban J connectivity index is 1.96. The second-order valence-electron chi connectivity index (χ2n) is 5.60. The van der Waals surface area contributed by atoms with Crippen LogP contribution in [0, 0.1) is 5.92 Å². The van der Waals surface area contributed by atoms with E-state index in [4.69, 9.17) is 5.73 Å². The summed E-state index contributed by atoms with van der Waals surface area (Å²) >= 11 is 0. The molecule has 0 saturated carbocycles. The molecular weight excluding hydrogens is 288 g/mol. The van der Waals surface area contributed by atoms with Gasteiger partial charge in [-0.05, 0) is 36.8 Å². The maximum atomic E-state index is 12.2. The van der Waals surface area contributed by atoms with Crippen LogP contribution in [0.25, 0.3) is 0 Å². The highest BCUT2D eigenvalue weighted by atomic mass is 16.2. The first kappa shape index (κ1) is 16.7. The highest BCUT2D eigenvalue weighted by molar-refractivity contribution is 5.94. The first-order valence-electron chi connectivity index (χ1n) is 7.83. The van der Waals surface area contributed by atoms with Crippen LogP contribution in [0.1, 0.15) is 24.0 Å². The molecule has 2 rings (SSSR count). The largest absolute Gasteiger partial charge is 0.351 e. The van der Waals surface area contributed by atoms with Crippen LogP contribution in [0.3, 0.4) is 0 Å². The van der Waals surface area contributed by atoms with E-state index in [1.807, 2.05) is 60.7 Å². The monoisotopic (exact) mass is 310 g/mol. The molecule has 0 heterocycles. The molecule has 4 heteroatoms. The van der Waals surface area contributed by atoms with Gasteiger partial charge in [0, 0.05) is 5.92 Å². The van der Waals surface area contributed by atoms with Crippen LogP contribution in [0.2, 0.25) is 0 Å². The second-order valence-corrected chi connectivity index (χ2v) is 5.60. The number of benzene rings is 2. The number of carbonyl (C=O) groups is 2. The van der Waals surface area contributed by atoms with Gasteiger partial charge in [0.25, 0.3) is 0 Å². The fourth-order valence-corrected chi connectivity index (χ4v) is 2.60. The van der Waals surface area contributed by atoms with Crippen molar-refractivity contribution in [3.8, 4) is 0 Å². The fraction of sp³-hybridized carbons (Fsp3) is 0.263. The van der Waals surface area contributed by atoms with Gasteiger partial charge in [-0.25, -0.2) is 4.79 Å². The van der Waals surface area contributed by atoms with Crippen LogP contribution in [-0.2, 0) is 17.6 Å². The Labute approximate surface area is 136 Å². The number of nitrogens with two attached hydrogens (primary N) is 1. The van der Waals surface area contributed by atoms with Crippen molar-refractivity contribution in [2.75, 3.05) is 0 Å². The number of hydrogen-bond donors (Lipinski definition) is 2. The topological polar surface area (TPSA) is 72.2 Å². The minimum atomic E-state index is -0.792. The lowest BCUT2D eigenvalue weighted by Gasteiger charge is -2.15. The van der Waals surface area contributed by atoms with E-state index in [0.29, 0.717) is 12.8 Å². The molecule has 3 amide bonds. The molecule has 2 aromatic rings. The lowest BCUT2D eigenvalue weighted by molar-refractivity contribution is -0.124. The Morgan fingerprint density at radius 1 is 0.826 bits per heavy atom. The van der Waals surface area contributed by atoms with E-state index in [2.05, 4.69) is 5.32 Å². The number of rotatable bonds is 7. The molecule has 0 aliphatic rings. The van der Waals surface area contributed by atoms with Crippen molar-refractivity contribution in [3.63, 3.8) is 0 Å². The molecule has 0 aromatic heterocycles. The predicted octanol–water partition coefficient (Wildman–Crippen LogP) is 3.06. The average Bonchev–Trinajstić information content (AvgIpc) is 2.56. The van der Waals surface area contributed by atoms with Crippen molar-refractivity contribution < 1.29 is 9.59 Å². The molecule has 0 unspecified atom stereocenters. The van der Waals surface area contributed by atoms with Gasteiger partial charge in [-0.3, -0.25) is 10.1 Å². The minimum absolute atomic E-state index is 0.233. The van der Waals surface area contributed by atoms with Gasteiger partial charge in [0.2, 0.25) is 5.91 Å². The van der Waals surface area contributed by atoms with E-state index >= 15 is 0 Å². The number of imide groups is 1. The quantitative estimate of drug-likeness (QED) is 0.825. The van der Waals surface area contributed by atoms with Gasteiger partial charge in [-0.2, -0.15) is 0 Å². The first-order valence-corrected chi connectivity index (χ1v) is 7.83. The van der Waals surface area contributed by atoms with Gasteiger partial charge >= 0.3 is 6.03 Å². The van der Waals surface area contributed by atoms with E-state index in [0.717, 1.165) is 12.8 Å². The van der Waals surface area contributed by atoms with Crippen LogP contribution in [-0.4, -0.2) is 11.9 Å². The summed E-state index contributed by atoms with van der Waals surface area (Å²) < 4.78 is 0. The molecule has 120 valence electrons. The summed E-state index contributed by atoms with van der Waals surface area (Å²) in [6, 6.07) is 19.2. The fourth-order valence-electron chi connectivity index (χ4n) is 2.60. The molecule has 0 spiro atoms. The van der Waals surface area contributed by atoms with Gasteiger partial charge < -0.3 is 5.73 Å². The van der Waals surface area contributed by atoms with E-state index in [1.54, 1.807) is 0 Å². The number of primary amides is 1. The zero-order valence-electron chi connectivity index (χ0n) is 13.1. The van der Waals surface area contributed by atoms with Gasteiger partial charge in [-0.1, -0.05) is 60.7 Å². The van der Waals surface area contributed by atoms with Crippen molar-refractivity contribution in [3.05, 3.63) is 71.8 Å². The van der Waals surface area contributed by atoms with Gasteiger partial charge in [-0.15, -0.1) is 0 Å². The van der Waals surface area contributed by atoms with E-state index in [9.17, 15) is 9.59 Å². The van der Waals surface area contributed by atoms with Gasteiger partial charge in [0.05, 0.1) is 0 Å². The summed E-state index contributed by atoms with van der Waals surface area (Å²) in [6.45, 7) is 0. The Kier molecular flexibility index (Phi) is 6.36. The minimum Gasteiger partial charge on any atom is -0.351 e. The third kappa shape index (κ3) is 5.94. The third-order valence-corrected chi connectivity index (χ3v) is 3.87. The smallest absolute Gasteiger partial charge is 0.318 e. The summed E-state index contributed by atoms with van der Waals surface area (Å²) in [5.74, 6) is -0.521. The molecule has 23 heavy (non-hydrogen) atoms. The predicted molar refractivity (Wildman–Crippen MR) is 90.7 cm³/mol. The van der Waals surface area contributed by atoms with Crippen molar-refractivity contribution >= 4 is 11.9 Å². The molecule has 0 saturated heterocycles. The molecule has 0 aliphatic carbocycles. The number of hydrogen-bond acceptors (Lipinski definition) is 2. The van der Waals surface area contributed by atoms with E-state index in [1.165, 1.54) is 11.1 Å². The highest BCUT2D eigenvalue weighted by Gasteiger charge is 2.19. The van der Waals surface area contributed by atoms with Crippen LogP contribution >= 0.6 is 0 Å². The summed E-state index contributed by atoms with van der Waals surface area (Å²) in [5.41, 5.74) is 7.44. The second kappa shape index (κ2) is 8.73.